The maximum Gasteiger partial charge on any atom is 0.168 e. The molecule has 0 bridgehead atoms. The van der Waals surface area contributed by atoms with Crippen molar-refractivity contribution in [3.8, 4) is 11.5 Å². The van der Waals surface area contributed by atoms with E-state index in [2.05, 4.69) is 5.16 Å². The molecule has 0 fully saturated rings. The van der Waals surface area contributed by atoms with Crippen LogP contribution in [0.1, 0.15) is 32.8 Å². The van der Waals surface area contributed by atoms with Gasteiger partial charge in [0.25, 0.3) is 0 Å². The largest absolute Gasteiger partial charge is 0.493 e. The van der Waals surface area contributed by atoms with Crippen LogP contribution < -0.4 is 9.47 Å². The minimum absolute atomic E-state index is 0.421. The average molecular weight is 261 g/mol. The summed E-state index contributed by atoms with van der Waals surface area (Å²) in [5, 5.41) is 3.85. The summed E-state index contributed by atoms with van der Waals surface area (Å²) >= 11 is 0. The minimum Gasteiger partial charge on any atom is -0.493 e. The van der Waals surface area contributed by atoms with E-state index in [4.69, 9.17) is 14.3 Å². The van der Waals surface area contributed by atoms with Gasteiger partial charge in [0.2, 0.25) is 0 Å². The van der Waals surface area contributed by atoms with E-state index in [0.29, 0.717) is 11.5 Å². The standard InChI is InChI=1S/C15H19NO3/c1-11(2)10-18-14-9-12(5-6-13(14)17-4)15(3)7-8-16-19-15/h5-6,8-10H,7H2,1-4H3/t15-/m1/s1. The summed E-state index contributed by atoms with van der Waals surface area (Å²) in [5.74, 6) is 1.38. The molecule has 0 amide bonds. The van der Waals surface area contributed by atoms with Crippen LogP contribution in [0, 0.1) is 0 Å². The quantitative estimate of drug-likeness (QED) is 0.777. The fourth-order valence-corrected chi connectivity index (χ4v) is 1.85. The Bertz CT molecular complexity index is 508. The molecule has 0 spiro atoms. The molecule has 102 valence electrons. The molecule has 0 saturated carbocycles. The zero-order chi connectivity index (χ0) is 13.9. The molecule has 0 aliphatic carbocycles. The lowest BCUT2D eigenvalue weighted by Crippen LogP contribution is -2.20. The number of nitrogens with zero attached hydrogens (tertiary/aromatic N) is 1. The molecule has 19 heavy (non-hydrogen) atoms. The van der Waals surface area contributed by atoms with E-state index in [9.17, 15) is 0 Å². The van der Waals surface area contributed by atoms with Crippen molar-refractivity contribution < 1.29 is 14.3 Å². The molecule has 1 aromatic rings. The van der Waals surface area contributed by atoms with Crippen LogP contribution in [-0.2, 0) is 10.4 Å². The molecule has 1 aliphatic rings. The highest BCUT2D eigenvalue weighted by Gasteiger charge is 2.32. The van der Waals surface area contributed by atoms with Crippen LogP contribution in [0.5, 0.6) is 11.5 Å². The Kier molecular flexibility index (Phi) is 3.79. The van der Waals surface area contributed by atoms with Crippen molar-refractivity contribution in [1.29, 1.82) is 0 Å². The Labute approximate surface area is 113 Å². The highest BCUT2D eigenvalue weighted by Crippen LogP contribution is 2.37. The molecule has 0 unspecified atom stereocenters. The molecule has 0 radical (unpaired) electrons. The molecule has 0 saturated heterocycles. The summed E-state index contributed by atoms with van der Waals surface area (Å²) in [4.78, 5) is 5.44. The van der Waals surface area contributed by atoms with E-state index < -0.39 is 5.60 Å². The van der Waals surface area contributed by atoms with Crippen LogP contribution >= 0.6 is 0 Å². The predicted molar refractivity (Wildman–Crippen MR) is 74.6 cm³/mol. The molecule has 1 heterocycles. The van der Waals surface area contributed by atoms with Gasteiger partial charge in [-0.1, -0.05) is 11.2 Å². The number of hydrogen-bond donors (Lipinski definition) is 0. The molecular weight excluding hydrogens is 242 g/mol. The first kappa shape index (κ1) is 13.5. The van der Waals surface area contributed by atoms with Gasteiger partial charge in [-0.25, -0.2) is 0 Å². The maximum atomic E-state index is 5.65. The van der Waals surface area contributed by atoms with Gasteiger partial charge in [-0.3, -0.25) is 0 Å². The number of rotatable bonds is 4. The Morgan fingerprint density at radius 1 is 1.37 bits per heavy atom. The average Bonchev–Trinajstić information content (AvgIpc) is 2.84. The number of oxime groups is 1. The van der Waals surface area contributed by atoms with E-state index in [-0.39, 0.29) is 0 Å². The lowest BCUT2D eigenvalue weighted by Gasteiger charge is -2.22. The Balaban J connectivity index is 2.32. The Hall–Kier alpha value is -1.97. The summed E-state index contributed by atoms with van der Waals surface area (Å²) in [6.45, 7) is 5.96. The smallest absolute Gasteiger partial charge is 0.168 e. The molecule has 0 aromatic heterocycles. The van der Waals surface area contributed by atoms with Crippen molar-refractivity contribution in [2.45, 2.75) is 32.8 Å². The van der Waals surface area contributed by atoms with Crippen molar-refractivity contribution in [2.24, 2.45) is 5.16 Å². The van der Waals surface area contributed by atoms with Gasteiger partial charge in [-0.15, -0.1) is 0 Å². The predicted octanol–water partition coefficient (Wildman–Crippen LogP) is 3.62. The number of hydrogen-bond acceptors (Lipinski definition) is 4. The lowest BCUT2D eigenvalue weighted by molar-refractivity contribution is -0.00753. The molecule has 2 rings (SSSR count). The first-order valence-electron chi connectivity index (χ1n) is 6.24. The van der Waals surface area contributed by atoms with Crippen LogP contribution in [0.3, 0.4) is 0 Å². The van der Waals surface area contributed by atoms with Gasteiger partial charge in [-0.2, -0.15) is 0 Å². The second kappa shape index (κ2) is 5.34. The molecule has 0 N–H and O–H groups in total. The van der Waals surface area contributed by atoms with Gasteiger partial charge in [0.15, 0.2) is 17.1 Å². The summed E-state index contributed by atoms with van der Waals surface area (Å²) < 4.78 is 11.0. The number of benzene rings is 1. The highest BCUT2D eigenvalue weighted by atomic mass is 16.7. The first-order valence-corrected chi connectivity index (χ1v) is 6.24. The Morgan fingerprint density at radius 3 is 2.74 bits per heavy atom. The highest BCUT2D eigenvalue weighted by molar-refractivity contribution is 5.61. The van der Waals surface area contributed by atoms with Crippen LogP contribution in [0.4, 0.5) is 0 Å². The van der Waals surface area contributed by atoms with Crippen molar-refractivity contribution in [3.63, 3.8) is 0 Å². The van der Waals surface area contributed by atoms with Crippen LogP contribution in [0.25, 0.3) is 0 Å². The van der Waals surface area contributed by atoms with E-state index in [0.717, 1.165) is 17.6 Å². The van der Waals surface area contributed by atoms with Gasteiger partial charge in [0.1, 0.15) is 0 Å². The third-order valence-corrected chi connectivity index (χ3v) is 3.01. The van der Waals surface area contributed by atoms with Crippen LogP contribution in [0.2, 0.25) is 0 Å². The van der Waals surface area contributed by atoms with Crippen LogP contribution in [-0.4, -0.2) is 13.3 Å². The zero-order valence-electron chi connectivity index (χ0n) is 11.8. The fraction of sp³-hybridized carbons (Fsp3) is 0.400. The normalized spacial score (nSPS) is 20.8. The van der Waals surface area contributed by atoms with Gasteiger partial charge in [0.05, 0.1) is 13.4 Å². The number of ether oxygens (including phenoxy) is 2. The lowest BCUT2D eigenvalue weighted by atomic mass is 9.93. The number of methoxy groups -OCH3 is 1. The van der Waals surface area contributed by atoms with Gasteiger partial charge < -0.3 is 14.3 Å². The topological polar surface area (TPSA) is 40.0 Å². The van der Waals surface area contributed by atoms with E-state index in [1.807, 2.05) is 39.0 Å². The molecule has 4 nitrogen and oxygen atoms in total. The molecular formula is C15H19NO3. The SMILES string of the molecule is COc1ccc([C@@]2(C)CC=NO2)cc1OC=C(C)C. The second-order valence-electron chi connectivity index (χ2n) is 4.99. The zero-order valence-corrected chi connectivity index (χ0v) is 11.8. The summed E-state index contributed by atoms with van der Waals surface area (Å²) in [7, 11) is 1.63. The second-order valence-corrected chi connectivity index (χ2v) is 4.99. The Morgan fingerprint density at radius 2 is 2.16 bits per heavy atom. The van der Waals surface area contributed by atoms with Crippen molar-refractivity contribution >= 4 is 6.21 Å². The maximum absolute atomic E-state index is 5.65. The van der Waals surface area contributed by atoms with Gasteiger partial charge in [0, 0.05) is 18.2 Å². The van der Waals surface area contributed by atoms with Crippen molar-refractivity contribution in [1.82, 2.24) is 0 Å². The minimum atomic E-state index is -0.421. The van der Waals surface area contributed by atoms with E-state index in [1.54, 1.807) is 19.6 Å². The summed E-state index contributed by atoms with van der Waals surface area (Å²) in [5.41, 5.74) is 1.68. The molecule has 1 aromatic carbocycles. The van der Waals surface area contributed by atoms with E-state index in [1.165, 1.54) is 0 Å². The molecule has 1 aliphatic heterocycles. The van der Waals surface area contributed by atoms with Gasteiger partial charge in [-0.05, 0) is 38.5 Å². The third-order valence-electron chi connectivity index (χ3n) is 3.01. The monoisotopic (exact) mass is 261 g/mol. The van der Waals surface area contributed by atoms with Crippen molar-refractivity contribution in [2.75, 3.05) is 7.11 Å². The van der Waals surface area contributed by atoms with E-state index >= 15 is 0 Å². The van der Waals surface area contributed by atoms with Crippen molar-refractivity contribution in [3.05, 3.63) is 35.6 Å². The van der Waals surface area contributed by atoms with Crippen LogP contribution in [0.15, 0.2) is 35.2 Å². The molecule has 1 atom stereocenters. The first-order chi connectivity index (χ1) is 9.05. The van der Waals surface area contributed by atoms with Gasteiger partial charge >= 0.3 is 0 Å². The number of allylic oxidation sites excluding steroid dienone is 1. The molecule has 4 heteroatoms. The summed E-state index contributed by atoms with van der Waals surface area (Å²) in [6.07, 6.45) is 4.23. The summed E-state index contributed by atoms with van der Waals surface area (Å²) in [6, 6.07) is 5.80. The fourth-order valence-electron chi connectivity index (χ4n) is 1.85. The third kappa shape index (κ3) is 2.89.